The van der Waals surface area contributed by atoms with Gasteiger partial charge in [-0.2, -0.15) is 0 Å². The van der Waals surface area contributed by atoms with Gasteiger partial charge in [0.05, 0.1) is 0 Å². The van der Waals surface area contributed by atoms with Crippen LogP contribution in [0.1, 0.15) is 59.0 Å². The maximum absolute atomic E-state index is 12.9. The van der Waals surface area contributed by atoms with Crippen LogP contribution in [0, 0.1) is 0 Å². The number of hydrogen-bond donors (Lipinski definition) is 0. The number of fused-ring (bicyclic) bond motifs is 1. The molecular weight excluding hydrogens is 314 g/mol. The largest absolute Gasteiger partial charge is 0.360 e. The van der Waals surface area contributed by atoms with Crippen molar-refractivity contribution in [3.8, 4) is 0 Å². The van der Waals surface area contributed by atoms with Gasteiger partial charge in [-0.1, -0.05) is 17.3 Å². The Kier molecular flexibility index (Phi) is 3.63. The fourth-order valence-corrected chi connectivity index (χ4v) is 4.14. The number of carbonyl (C=O) groups is 1. The summed E-state index contributed by atoms with van der Waals surface area (Å²) in [5, 5.41) is 4.03. The zero-order valence-corrected chi connectivity index (χ0v) is 14.4. The van der Waals surface area contributed by atoms with Crippen molar-refractivity contribution in [1.29, 1.82) is 0 Å². The number of benzene rings is 1. The predicted octanol–water partition coefficient (Wildman–Crippen LogP) is 3.35. The van der Waals surface area contributed by atoms with Crippen LogP contribution in [0.15, 0.2) is 28.8 Å². The smallest absolute Gasteiger partial charge is 0.280 e. The molecule has 0 spiro atoms. The van der Waals surface area contributed by atoms with Gasteiger partial charge in [0.1, 0.15) is 5.76 Å². The van der Waals surface area contributed by atoms with Gasteiger partial charge in [-0.15, -0.1) is 0 Å². The van der Waals surface area contributed by atoms with Crippen molar-refractivity contribution in [2.75, 3.05) is 24.5 Å². The van der Waals surface area contributed by atoms with Gasteiger partial charge < -0.3 is 9.42 Å². The topological polar surface area (TPSA) is 49.6 Å². The summed E-state index contributed by atoms with van der Waals surface area (Å²) in [6.07, 6.45) is 5.83. The Balaban J connectivity index is 1.39. The summed E-state index contributed by atoms with van der Waals surface area (Å²) in [4.78, 5) is 17.3. The second-order valence-electron chi connectivity index (χ2n) is 7.49. The summed E-state index contributed by atoms with van der Waals surface area (Å²) in [6, 6.07) is 8.20. The first-order chi connectivity index (χ1) is 12.3. The lowest BCUT2D eigenvalue weighted by molar-refractivity contribution is 0.0980. The molecule has 0 N–H and O–H groups in total. The number of rotatable bonds is 4. The second kappa shape index (κ2) is 5.99. The van der Waals surface area contributed by atoms with Crippen LogP contribution in [0.3, 0.4) is 0 Å². The number of hydrogen-bond acceptors (Lipinski definition) is 4. The summed E-state index contributed by atoms with van der Waals surface area (Å²) >= 11 is 0. The average molecular weight is 337 g/mol. The summed E-state index contributed by atoms with van der Waals surface area (Å²) < 4.78 is 5.37. The zero-order chi connectivity index (χ0) is 16.8. The fraction of sp³-hybridized carbons (Fsp3) is 0.500. The number of amides is 1. The fourth-order valence-electron chi connectivity index (χ4n) is 4.14. The highest BCUT2D eigenvalue weighted by molar-refractivity contribution is 6.06. The molecule has 5 heteroatoms. The third-order valence-electron chi connectivity index (χ3n) is 5.69. The van der Waals surface area contributed by atoms with E-state index < -0.39 is 0 Å². The van der Waals surface area contributed by atoms with Crippen LogP contribution >= 0.6 is 0 Å². The highest BCUT2D eigenvalue weighted by atomic mass is 16.5. The van der Waals surface area contributed by atoms with E-state index in [1.807, 2.05) is 11.0 Å². The van der Waals surface area contributed by atoms with E-state index in [1.165, 1.54) is 37.1 Å². The van der Waals surface area contributed by atoms with Crippen LogP contribution in [-0.4, -0.2) is 35.6 Å². The van der Waals surface area contributed by atoms with Gasteiger partial charge in [0, 0.05) is 30.8 Å². The number of aromatic nitrogens is 1. The molecule has 2 aliphatic heterocycles. The summed E-state index contributed by atoms with van der Waals surface area (Å²) in [7, 11) is 0. The molecule has 1 aliphatic carbocycles. The number of likely N-dealkylation sites (tertiary alicyclic amines) is 1. The van der Waals surface area contributed by atoms with E-state index in [1.54, 1.807) is 0 Å². The van der Waals surface area contributed by atoms with E-state index in [9.17, 15) is 4.79 Å². The first kappa shape index (κ1) is 15.1. The van der Waals surface area contributed by atoms with Gasteiger partial charge in [-0.3, -0.25) is 9.69 Å². The molecule has 0 bridgehead atoms. The standard InChI is InChI=1S/C20H23N3O2/c24-20(17-12-19(25-21-17)14-6-7-14)23-11-8-16-15(4-3-5-18(16)23)13-22-9-1-2-10-22/h3-5,12,14H,1-2,6-11,13H2. The highest BCUT2D eigenvalue weighted by Crippen LogP contribution is 2.40. The first-order valence-electron chi connectivity index (χ1n) is 9.41. The van der Waals surface area contributed by atoms with Crippen LogP contribution in [0.5, 0.6) is 0 Å². The van der Waals surface area contributed by atoms with Gasteiger partial charge >= 0.3 is 0 Å². The molecule has 5 nitrogen and oxygen atoms in total. The van der Waals surface area contributed by atoms with Gasteiger partial charge in [-0.25, -0.2) is 0 Å². The van der Waals surface area contributed by atoms with E-state index in [-0.39, 0.29) is 5.91 Å². The van der Waals surface area contributed by atoms with Gasteiger partial charge in [0.25, 0.3) is 5.91 Å². The molecule has 0 unspecified atom stereocenters. The van der Waals surface area contributed by atoms with E-state index >= 15 is 0 Å². The molecule has 5 rings (SSSR count). The molecule has 1 amide bonds. The zero-order valence-electron chi connectivity index (χ0n) is 14.4. The number of anilines is 1. The summed E-state index contributed by atoms with van der Waals surface area (Å²) in [5.41, 5.74) is 4.19. The Morgan fingerprint density at radius 1 is 1.20 bits per heavy atom. The molecular formula is C20H23N3O2. The molecule has 0 atom stereocenters. The van der Waals surface area contributed by atoms with Crippen molar-refractivity contribution in [3.63, 3.8) is 0 Å². The summed E-state index contributed by atoms with van der Waals surface area (Å²) in [5.74, 6) is 1.31. The maximum Gasteiger partial charge on any atom is 0.280 e. The highest BCUT2D eigenvalue weighted by Gasteiger charge is 2.32. The third kappa shape index (κ3) is 2.76. The lowest BCUT2D eigenvalue weighted by Gasteiger charge is -2.19. The van der Waals surface area contributed by atoms with Crippen LogP contribution in [-0.2, 0) is 13.0 Å². The molecule has 25 heavy (non-hydrogen) atoms. The van der Waals surface area contributed by atoms with Crippen LogP contribution in [0.4, 0.5) is 5.69 Å². The third-order valence-corrected chi connectivity index (χ3v) is 5.69. The van der Waals surface area contributed by atoms with E-state index in [2.05, 4.69) is 28.3 Å². The Hall–Kier alpha value is -2.14. The molecule has 3 heterocycles. The van der Waals surface area contributed by atoms with E-state index in [4.69, 9.17) is 4.52 Å². The van der Waals surface area contributed by atoms with Crippen LogP contribution in [0.25, 0.3) is 0 Å². The molecule has 3 aliphatic rings. The SMILES string of the molecule is O=C(c1cc(C2CC2)on1)N1CCc2c(CN3CCCC3)cccc21. The van der Waals surface area contributed by atoms with Crippen LogP contribution < -0.4 is 4.90 Å². The molecule has 1 aromatic carbocycles. The van der Waals surface area contributed by atoms with Crippen molar-refractivity contribution in [3.05, 3.63) is 46.8 Å². The molecule has 130 valence electrons. The summed E-state index contributed by atoms with van der Waals surface area (Å²) in [6.45, 7) is 4.11. The lowest BCUT2D eigenvalue weighted by Crippen LogP contribution is -2.29. The minimum Gasteiger partial charge on any atom is -0.360 e. The Morgan fingerprint density at radius 3 is 2.84 bits per heavy atom. The molecule has 2 aromatic rings. The molecule has 1 saturated carbocycles. The predicted molar refractivity (Wildman–Crippen MR) is 94.8 cm³/mol. The monoisotopic (exact) mass is 337 g/mol. The van der Waals surface area contributed by atoms with Crippen molar-refractivity contribution >= 4 is 11.6 Å². The van der Waals surface area contributed by atoms with Crippen molar-refractivity contribution in [2.24, 2.45) is 0 Å². The molecule has 1 aromatic heterocycles. The van der Waals surface area contributed by atoms with Crippen LogP contribution in [0.2, 0.25) is 0 Å². The Labute approximate surface area is 147 Å². The van der Waals surface area contributed by atoms with Crippen molar-refractivity contribution < 1.29 is 9.32 Å². The number of nitrogens with zero attached hydrogens (tertiary/aromatic N) is 3. The van der Waals surface area contributed by atoms with Gasteiger partial charge in [0.2, 0.25) is 0 Å². The van der Waals surface area contributed by atoms with E-state index in [0.717, 1.165) is 43.8 Å². The normalized spacial score (nSPS) is 20.2. The Morgan fingerprint density at radius 2 is 2.04 bits per heavy atom. The maximum atomic E-state index is 12.9. The second-order valence-corrected chi connectivity index (χ2v) is 7.49. The molecule has 0 radical (unpaired) electrons. The van der Waals surface area contributed by atoms with Crippen molar-refractivity contribution in [1.82, 2.24) is 10.1 Å². The lowest BCUT2D eigenvalue weighted by atomic mass is 10.0. The van der Waals surface area contributed by atoms with Gasteiger partial charge in [-0.05, 0) is 62.4 Å². The minimum absolute atomic E-state index is 0.0345. The van der Waals surface area contributed by atoms with Gasteiger partial charge in [0.15, 0.2) is 5.69 Å². The minimum atomic E-state index is -0.0345. The number of carbonyl (C=O) groups excluding carboxylic acids is 1. The first-order valence-corrected chi connectivity index (χ1v) is 9.41. The quantitative estimate of drug-likeness (QED) is 0.858. The molecule has 1 saturated heterocycles. The average Bonchev–Trinajstić information content (AvgIpc) is 3.07. The van der Waals surface area contributed by atoms with Crippen molar-refractivity contribution in [2.45, 2.75) is 44.6 Å². The Bertz CT molecular complexity index is 803. The molecule has 2 fully saturated rings. The van der Waals surface area contributed by atoms with E-state index in [0.29, 0.717) is 11.6 Å².